The van der Waals surface area contributed by atoms with Crippen molar-refractivity contribution in [2.75, 3.05) is 0 Å². The quantitative estimate of drug-likeness (QED) is 0.225. The summed E-state index contributed by atoms with van der Waals surface area (Å²) >= 11 is 1.60. The Kier molecular flexibility index (Phi) is 4.41. The fourth-order valence-corrected chi connectivity index (χ4v) is 4.55. The lowest BCUT2D eigenvalue weighted by Gasteiger charge is -2.05. The minimum Gasteiger partial charge on any atom is -0.507 e. The molecule has 0 saturated heterocycles. The number of aromatic hydroxyl groups is 1. The van der Waals surface area contributed by atoms with Gasteiger partial charge in [0.15, 0.2) is 0 Å². The number of carbonyl (C=O) groups is 1. The van der Waals surface area contributed by atoms with E-state index in [4.69, 9.17) is 10.1 Å². The molecule has 6 nitrogen and oxygen atoms in total. The van der Waals surface area contributed by atoms with Crippen LogP contribution in [0.1, 0.15) is 11.1 Å². The van der Waals surface area contributed by atoms with E-state index in [-0.39, 0.29) is 11.5 Å². The maximum atomic E-state index is 10.8. The SMILES string of the molecule is Cc1ccc(-c2csc(-c3nc4c(ccc5cc(OC(=O)O)cc(O)c54)[nH]3)c2)cc1C. The van der Waals surface area contributed by atoms with E-state index >= 15 is 0 Å². The van der Waals surface area contributed by atoms with Crippen LogP contribution in [0.3, 0.4) is 0 Å². The van der Waals surface area contributed by atoms with Gasteiger partial charge in [-0.1, -0.05) is 24.3 Å². The average molecular weight is 430 g/mol. The predicted molar refractivity (Wildman–Crippen MR) is 122 cm³/mol. The zero-order valence-electron chi connectivity index (χ0n) is 16.8. The molecule has 154 valence electrons. The van der Waals surface area contributed by atoms with Crippen LogP contribution in [0.4, 0.5) is 4.79 Å². The van der Waals surface area contributed by atoms with Gasteiger partial charge in [-0.25, -0.2) is 9.78 Å². The van der Waals surface area contributed by atoms with Gasteiger partial charge < -0.3 is 19.9 Å². The number of phenolic OH excluding ortho intramolecular Hbond substituents is 1. The molecular weight excluding hydrogens is 412 g/mol. The molecule has 7 heteroatoms. The second-order valence-corrected chi connectivity index (χ2v) is 8.37. The van der Waals surface area contributed by atoms with Gasteiger partial charge in [0.1, 0.15) is 22.8 Å². The number of thiophene rings is 1. The number of nitrogens with one attached hydrogen (secondary N) is 1. The number of hydrogen-bond acceptors (Lipinski definition) is 5. The third kappa shape index (κ3) is 3.39. The highest BCUT2D eigenvalue weighted by Crippen LogP contribution is 2.38. The zero-order chi connectivity index (χ0) is 21.7. The van der Waals surface area contributed by atoms with E-state index in [1.807, 2.05) is 6.07 Å². The molecule has 0 saturated carbocycles. The number of aromatic nitrogens is 2. The molecule has 5 aromatic rings. The number of carboxylic acid groups (broad SMARTS) is 1. The van der Waals surface area contributed by atoms with Crippen molar-refractivity contribution in [1.29, 1.82) is 0 Å². The fourth-order valence-electron chi connectivity index (χ4n) is 3.69. The van der Waals surface area contributed by atoms with Crippen molar-refractivity contribution in [3.63, 3.8) is 0 Å². The van der Waals surface area contributed by atoms with E-state index in [0.717, 1.165) is 21.5 Å². The summed E-state index contributed by atoms with van der Waals surface area (Å²) in [7, 11) is 0. The van der Waals surface area contributed by atoms with Crippen molar-refractivity contribution >= 4 is 39.3 Å². The summed E-state index contributed by atoms with van der Waals surface area (Å²) in [6.07, 6.45) is -1.43. The minimum atomic E-state index is -1.43. The number of phenols is 1. The third-order valence-corrected chi connectivity index (χ3v) is 6.33. The van der Waals surface area contributed by atoms with E-state index in [9.17, 15) is 9.90 Å². The van der Waals surface area contributed by atoms with Crippen molar-refractivity contribution in [1.82, 2.24) is 9.97 Å². The topological polar surface area (TPSA) is 95.4 Å². The molecule has 2 aromatic heterocycles. The first-order valence-corrected chi connectivity index (χ1v) is 10.5. The summed E-state index contributed by atoms with van der Waals surface area (Å²) < 4.78 is 4.68. The number of ether oxygens (including phenoxy) is 1. The second kappa shape index (κ2) is 7.14. The Morgan fingerprint density at radius 2 is 1.87 bits per heavy atom. The number of hydrogen-bond donors (Lipinski definition) is 3. The molecule has 0 unspecified atom stereocenters. The molecule has 3 N–H and O–H groups in total. The Hall–Kier alpha value is -3.84. The Balaban J connectivity index is 1.58. The fraction of sp³-hybridized carbons (Fsp3) is 0.0833. The number of rotatable bonds is 3. The maximum Gasteiger partial charge on any atom is 0.511 e. The van der Waals surface area contributed by atoms with Crippen molar-refractivity contribution in [2.24, 2.45) is 0 Å². The molecule has 0 spiro atoms. The van der Waals surface area contributed by atoms with E-state index in [2.05, 4.69) is 53.2 Å². The third-order valence-electron chi connectivity index (χ3n) is 5.40. The van der Waals surface area contributed by atoms with E-state index in [1.165, 1.54) is 17.2 Å². The van der Waals surface area contributed by atoms with Crippen LogP contribution in [0.25, 0.3) is 43.6 Å². The van der Waals surface area contributed by atoms with Crippen LogP contribution in [-0.2, 0) is 0 Å². The first-order chi connectivity index (χ1) is 14.9. The van der Waals surface area contributed by atoms with E-state index < -0.39 is 6.16 Å². The first kappa shape index (κ1) is 19.1. The smallest absolute Gasteiger partial charge is 0.507 e. The van der Waals surface area contributed by atoms with Crippen LogP contribution in [0.15, 0.2) is 53.9 Å². The normalized spacial score (nSPS) is 11.3. The molecule has 31 heavy (non-hydrogen) atoms. The van der Waals surface area contributed by atoms with Gasteiger partial charge in [-0.15, -0.1) is 11.3 Å². The van der Waals surface area contributed by atoms with E-state index in [0.29, 0.717) is 22.1 Å². The average Bonchev–Trinajstić information content (AvgIpc) is 3.36. The van der Waals surface area contributed by atoms with Crippen molar-refractivity contribution in [3.8, 4) is 33.3 Å². The van der Waals surface area contributed by atoms with Gasteiger partial charge in [0.25, 0.3) is 0 Å². The van der Waals surface area contributed by atoms with Crippen LogP contribution < -0.4 is 4.74 Å². The molecule has 0 aliphatic carbocycles. The number of aromatic amines is 1. The molecule has 5 rings (SSSR count). The van der Waals surface area contributed by atoms with Crippen molar-refractivity contribution < 1.29 is 19.7 Å². The van der Waals surface area contributed by atoms with Crippen molar-refractivity contribution in [3.05, 3.63) is 65.0 Å². The molecular formula is C24H18N2O4S. The Morgan fingerprint density at radius 1 is 1.03 bits per heavy atom. The summed E-state index contributed by atoms with van der Waals surface area (Å²) in [6.45, 7) is 4.21. The highest BCUT2D eigenvalue weighted by molar-refractivity contribution is 7.13. The lowest BCUT2D eigenvalue weighted by atomic mass is 10.0. The van der Waals surface area contributed by atoms with Crippen LogP contribution in [0.5, 0.6) is 11.5 Å². The van der Waals surface area contributed by atoms with Gasteiger partial charge >= 0.3 is 6.16 Å². The molecule has 3 aromatic carbocycles. The molecule has 0 bridgehead atoms. The number of fused-ring (bicyclic) bond motifs is 3. The monoisotopic (exact) mass is 430 g/mol. The first-order valence-electron chi connectivity index (χ1n) is 9.62. The molecule has 0 amide bonds. The molecule has 0 atom stereocenters. The molecule has 0 fully saturated rings. The highest BCUT2D eigenvalue weighted by Gasteiger charge is 2.15. The van der Waals surface area contributed by atoms with Gasteiger partial charge in [-0.3, -0.25) is 0 Å². The van der Waals surface area contributed by atoms with E-state index in [1.54, 1.807) is 23.5 Å². The lowest BCUT2D eigenvalue weighted by molar-refractivity contribution is 0.144. The van der Waals surface area contributed by atoms with Gasteiger partial charge in [0.2, 0.25) is 0 Å². The summed E-state index contributed by atoms with van der Waals surface area (Å²) in [5.74, 6) is 0.691. The lowest BCUT2D eigenvalue weighted by Crippen LogP contribution is -2.02. The summed E-state index contributed by atoms with van der Waals surface area (Å²) in [5, 5.41) is 22.6. The summed E-state index contributed by atoms with van der Waals surface area (Å²) in [5.41, 5.74) is 6.21. The number of nitrogens with zero attached hydrogens (tertiary/aromatic N) is 1. The van der Waals surface area contributed by atoms with Gasteiger partial charge in [0, 0.05) is 6.07 Å². The maximum absolute atomic E-state index is 10.8. The molecule has 0 aliphatic heterocycles. The second-order valence-electron chi connectivity index (χ2n) is 7.45. The molecule has 0 radical (unpaired) electrons. The molecule has 2 heterocycles. The van der Waals surface area contributed by atoms with Crippen LogP contribution in [0.2, 0.25) is 0 Å². The number of benzene rings is 3. The number of imidazole rings is 1. The highest BCUT2D eigenvalue weighted by atomic mass is 32.1. The summed E-state index contributed by atoms with van der Waals surface area (Å²) in [4.78, 5) is 19.9. The Bertz CT molecular complexity index is 1480. The largest absolute Gasteiger partial charge is 0.511 e. The standard InChI is InChI=1S/C24H18N2O4S/c1-12-3-4-14(7-13(12)2)16-9-20(31-11-16)23-25-18-6-5-15-8-17(30-24(28)29)10-19(27)21(15)22(18)26-23/h3-11,27H,1-2H3,(H,25,26)(H,28,29). The zero-order valence-corrected chi connectivity index (χ0v) is 17.6. The van der Waals surface area contributed by atoms with Crippen LogP contribution >= 0.6 is 11.3 Å². The van der Waals surface area contributed by atoms with Crippen LogP contribution in [-0.4, -0.2) is 26.3 Å². The van der Waals surface area contributed by atoms with Gasteiger partial charge in [-0.2, -0.15) is 0 Å². The molecule has 0 aliphatic rings. The van der Waals surface area contributed by atoms with Gasteiger partial charge in [-0.05, 0) is 65.1 Å². The van der Waals surface area contributed by atoms with Gasteiger partial charge in [0.05, 0.1) is 15.8 Å². The Morgan fingerprint density at radius 3 is 2.65 bits per heavy atom. The predicted octanol–water partition coefficient (Wildman–Crippen LogP) is 6.49. The summed E-state index contributed by atoms with van der Waals surface area (Å²) in [6, 6.07) is 15.0. The van der Waals surface area contributed by atoms with Crippen LogP contribution in [0, 0.1) is 13.8 Å². The minimum absolute atomic E-state index is 0.0592. The Labute approximate surface area is 181 Å². The van der Waals surface area contributed by atoms with Crippen molar-refractivity contribution in [2.45, 2.75) is 13.8 Å². The number of H-pyrrole nitrogens is 1. The number of aryl methyl sites for hydroxylation is 2.